The van der Waals surface area contributed by atoms with Crippen LogP contribution in [0.1, 0.15) is 49.3 Å². The zero-order valence-corrected chi connectivity index (χ0v) is 28.9. The number of sulfonamides is 1. The van der Waals surface area contributed by atoms with Crippen LogP contribution in [0.15, 0.2) is 108 Å². The van der Waals surface area contributed by atoms with Gasteiger partial charge in [-0.25, -0.2) is 8.42 Å². The van der Waals surface area contributed by atoms with Crippen LogP contribution in [0.2, 0.25) is 5.02 Å². The molecule has 5 rings (SSSR count). The van der Waals surface area contributed by atoms with E-state index in [0.29, 0.717) is 17.4 Å². The largest absolute Gasteiger partial charge is 0.494 e. The van der Waals surface area contributed by atoms with Crippen LogP contribution >= 0.6 is 11.6 Å². The van der Waals surface area contributed by atoms with Gasteiger partial charge >= 0.3 is 0 Å². The minimum absolute atomic E-state index is 0.0152. The van der Waals surface area contributed by atoms with Crippen molar-refractivity contribution < 1.29 is 22.7 Å². The Morgan fingerprint density at radius 2 is 1.56 bits per heavy atom. The molecule has 0 aliphatic heterocycles. The molecule has 0 radical (unpaired) electrons. The van der Waals surface area contributed by atoms with Crippen LogP contribution in [-0.2, 0) is 32.6 Å². The van der Waals surface area contributed by atoms with Gasteiger partial charge in [-0.3, -0.25) is 13.9 Å². The number of hydrogen-bond donors (Lipinski definition) is 1. The van der Waals surface area contributed by atoms with Crippen molar-refractivity contribution in [3.8, 4) is 5.75 Å². The number of anilines is 1. The van der Waals surface area contributed by atoms with Crippen LogP contribution in [-0.4, -0.2) is 50.4 Å². The average Bonchev–Trinajstić information content (AvgIpc) is 3.59. The number of nitrogens with zero attached hydrogens (tertiary/aromatic N) is 2. The van der Waals surface area contributed by atoms with Crippen molar-refractivity contribution in [1.29, 1.82) is 0 Å². The van der Waals surface area contributed by atoms with Crippen LogP contribution in [0.5, 0.6) is 5.75 Å². The van der Waals surface area contributed by atoms with Gasteiger partial charge in [-0.05, 0) is 86.3 Å². The summed E-state index contributed by atoms with van der Waals surface area (Å²) in [7, 11) is -4.24. The lowest BCUT2D eigenvalue weighted by Gasteiger charge is -2.34. The van der Waals surface area contributed by atoms with Crippen molar-refractivity contribution in [2.75, 3.05) is 17.5 Å². The highest BCUT2D eigenvalue weighted by Gasteiger charge is 2.35. The highest BCUT2D eigenvalue weighted by atomic mass is 35.5. The van der Waals surface area contributed by atoms with Crippen molar-refractivity contribution in [1.82, 2.24) is 10.2 Å². The summed E-state index contributed by atoms with van der Waals surface area (Å²) in [5.74, 6) is -0.186. The Morgan fingerprint density at radius 1 is 0.896 bits per heavy atom. The summed E-state index contributed by atoms with van der Waals surface area (Å²) < 4.78 is 35.2. The molecule has 0 spiro atoms. The topological polar surface area (TPSA) is 96.0 Å². The van der Waals surface area contributed by atoms with Gasteiger partial charge in [0.25, 0.3) is 10.0 Å². The number of carbonyl (C=O) groups excluding carboxylic acids is 2. The monoisotopic (exact) mass is 687 g/mol. The molecule has 1 atom stereocenters. The molecule has 0 unspecified atom stereocenters. The molecular formula is C38H42ClN3O5S. The molecular weight excluding hydrogens is 646 g/mol. The Kier molecular flexibility index (Phi) is 11.8. The van der Waals surface area contributed by atoms with E-state index in [1.165, 1.54) is 29.2 Å². The van der Waals surface area contributed by atoms with Gasteiger partial charge in [0.15, 0.2) is 0 Å². The van der Waals surface area contributed by atoms with Crippen LogP contribution in [0.4, 0.5) is 5.69 Å². The second-order valence-electron chi connectivity index (χ2n) is 12.1. The number of halogens is 1. The van der Waals surface area contributed by atoms with Crippen molar-refractivity contribution >= 4 is 39.1 Å². The van der Waals surface area contributed by atoms with E-state index in [0.717, 1.165) is 46.7 Å². The molecule has 0 saturated heterocycles. The highest BCUT2D eigenvalue weighted by molar-refractivity contribution is 7.92. The number of ether oxygens (including phenoxy) is 1. The van der Waals surface area contributed by atoms with Gasteiger partial charge in [-0.2, -0.15) is 0 Å². The highest BCUT2D eigenvalue weighted by Crippen LogP contribution is 2.28. The molecule has 10 heteroatoms. The summed E-state index contributed by atoms with van der Waals surface area (Å²) in [5.41, 5.74) is 3.02. The molecule has 4 aromatic rings. The van der Waals surface area contributed by atoms with Crippen molar-refractivity contribution in [2.45, 2.75) is 69.5 Å². The number of hydrogen-bond acceptors (Lipinski definition) is 5. The maximum Gasteiger partial charge on any atom is 0.264 e. The van der Waals surface area contributed by atoms with Crippen molar-refractivity contribution in [3.05, 3.63) is 125 Å². The normalized spacial score (nSPS) is 13.9. The van der Waals surface area contributed by atoms with Crippen molar-refractivity contribution in [2.24, 2.45) is 0 Å². The fourth-order valence-electron chi connectivity index (χ4n) is 6.07. The summed E-state index contributed by atoms with van der Waals surface area (Å²) in [4.78, 5) is 30.4. The lowest BCUT2D eigenvalue weighted by Crippen LogP contribution is -2.54. The van der Waals surface area contributed by atoms with Crippen LogP contribution in [0, 0.1) is 6.92 Å². The Hall–Kier alpha value is -4.34. The Labute approximate surface area is 288 Å². The van der Waals surface area contributed by atoms with Crippen LogP contribution in [0.3, 0.4) is 0 Å². The second-order valence-corrected chi connectivity index (χ2v) is 14.4. The maximum atomic E-state index is 14.7. The fraction of sp³-hybridized carbons (Fsp3) is 0.316. The minimum Gasteiger partial charge on any atom is -0.494 e. The second kappa shape index (κ2) is 16.2. The Bertz CT molecular complexity index is 1780. The zero-order chi connectivity index (χ0) is 34.1. The molecule has 4 aromatic carbocycles. The van der Waals surface area contributed by atoms with E-state index < -0.39 is 28.5 Å². The first-order chi connectivity index (χ1) is 23.1. The van der Waals surface area contributed by atoms with E-state index in [2.05, 4.69) is 5.32 Å². The quantitative estimate of drug-likeness (QED) is 0.155. The van der Waals surface area contributed by atoms with E-state index >= 15 is 0 Å². The van der Waals surface area contributed by atoms with E-state index in [9.17, 15) is 18.0 Å². The van der Waals surface area contributed by atoms with E-state index in [-0.39, 0.29) is 35.5 Å². The minimum atomic E-state index is -4.24. The predicted molar refractivity (Wildman–Crippen MR) is 190 cm³/mol. The third kappa shape index (κ3) is 8.96. The van der Waals surface area contributed by atoms with Gasteiger partial charge in [-0.15, -0.1) is 0 Å². The van der Waals surface area contributed by atoms with E-state index in [1.54, 1.807) is 24.3 Å². The van der Waals surface area contributed by atoms with Crippen LogP contribution < -0.4 is 14.4 Å². The number of amides is 2. The number of aryl methyl sites for hydroxylation is 1. The van der Waals surface area contributed by atoms with Gasteiger partial charge in [-0.1, -0.05) is 84.6 Å². The molecule has 48 heavy (non-hydrogen) atoms. The van der Waals surface area contributed by atoms with Crippen LogP contribution in [0.25, 0.3) is 0 Å². The summed E-state index contributed by atoms with van der Waals surface area (Å²) in [5, 5.41) is 3.59. The van der Waals surface area contributed by atoms with Gasteiger partial charge in [0, 0.05) is 24.0 Å². The zero-order valence-electron chi connectivity index (χ0n) is 27.3. The average molecular weight is 688 g/mol. The first kappa shape index (κ1) is 35.0. The summed E-state index contributed by atoms with van der Waals surface area (Å²) in [6.07, 6.45) is 4.13. The van der Waals surface area contributed by atoms with Gasteiger partial charge in [0.2, 0.25) is 11.8 Å². The number of carbonyl (C=O) groups is 2. The molecule has 252 valence electrons. The molecule has 2 amide bonds. The Morgan fingerprint density at radius 3 is 2.21 bits per heavy atom. The number of benzene rings is 4. The molecule has 0 heterocycles. The third-order valence-electron chi connectivity index (χ3n) is 8.52. The predicted octanol–water partition coefficient (Wildman–Crippen LogP) is 6.94. The Balaban J connectivity index is 1.56. The SMILES string of the molecule is CCOc1ccc(N(CC(=O)N(Cc2cccc(C)c2)[C@@H](Cc2ccccc2)C(=O)NC2CCCC2)S(=O)(=O)c2ccc(Cl)cc2)cc1. The summed E-state index contributed by atoms with van der Waals surface area (Å²) in [6.45, 7) is 3.86. The van der Waals surface area contributed by atoms with Gasteiger partial charge < -0.3 is 15.0 Å². The molecule has 8 nitrogen and oxygen atoms in total. The molecule has 1 aliphatic carbocycles. The molecule has 1 fully saturated rings. The molecule has 1 saturated carbocycles. The van der Waals surface area contributed by atoms with E-state index in [1.807, 2.05) is 68.4 Å². The fourth-order valence-corrected chi connectivity index (χ4v) is 7.61. The van der Waals surface area contributed by atoms with Crippen molar-refractivity contribution in [3.63, 3.8) is 0 Å². The molecule has 0 bridgehead atoms. The standard InChI is InChI=1S/C38H42ClN3O5S/c1-3-47-34-20-18-33(19-21-34)42(48(45,46)35-22-16-31(39)17-23-35)27-37(43)41(26-30-13-9-10-28(2)24-30)36(25-29-11-5-4-6-12-29)38(44)40-32-14-7-8-15-32/h4-6,9-13,16-24,32,36H,3,7-8,14-15,25-27H2,1-2H3,(H,40,44)/t36-/m0/s1. The van der Waals surface area contributed by atoms with Gasteiger partial charge in [0.1, 0.15) is 18.3 Å². The first-order valence-electron chi connectivity index (χ1n) is 16.3. The molecule has 0 aromatic heterocycles. The lowest BCUT2D eigenvalue weighted by atomic mass is 10.0. The molecule has 1 N–H and O–H groups in total. The first-order valence-corrected chi connectivity index (χ1v) is 18.2. The summed E-state index contributed by atoms with van der Waals surface area (Å²) in [6, 6.07) is 28.9. The van der Waals surface area contributed by atoms with E-state index in [4.69, 9.17) is 16.3 Å². The number of nitrogens with one attached hydrogen (secondary N) is 1. The maximum absolute atomic E-state index is 14.7. The van der Waals surface area contributed by atoms with Gasteiger partial charge in [0.05, 0.1) is 17.2 Å². The molecule has 1 aliphatic rings. The lowest BCUT2D eigenvalue weighted by molar-refractivity contribution is -0.140. The summed E-state index contributed by atoms with van der Waals surface area (Å²) >= 11 is 6.09. The third-order valence-corrected chi connectivity index (χ3v) is 10.6. The number of rotatable bonds is 14. The smallest absolute Gasteiger partial charge is 0.264 e.